The highest BCUT2D eigenvalue weighted by atomic mass is 35.5. The van der Waals surface area contributed by atoms with E-state index in [0.29, 0.717) is 13.0 Å². The Balaban J connectivity index is 2.06. The van der Waals surface area contributed by atoms with Crippen molar-refractivity contribution in [1.82, 2.24) is 0 Å². The Bertz CT molecular complexity index is 597. The number of para-hydroxylation sites is 1. The van der Waals surface area contributed by atoms with E-state index in [1.807, 2.05) is 42.5 Å². The molecule has 1 heterocycles. The minimum Gasteiger partial charge on any atom is -0.310 e. The van der Waals surface area contributed by atoms with Crippen molar-refractivity contribution in [2.45, 2.75) is 11.8 Å². The van der Waals surface area contributed by atoms with Crippen molar-refractivity contribution in [1.29, 1.82) is 0 Å². The van der Waals surface area contributed by atoms with Crippen LogP contribution in [0.3, 0.4) is 0 Å². The lowest BCUT2D eigenvalue weighted by Crippen LogP contribution is -2.25. The van der Waals surface area contributed by atoms with Gasteiger partial charge in [0.05, 0.1) is 11.1 Å². The summed E-state index contributed by atoms with van der Waals surface area (Å²) in [5.41, 5.74) is 3.13. The molecular formula is C16H14ClNO. The first-order chi connectivity index (χ1) is 9.25. The highest BCUT2D eigenvalue weighted by Crippen LogP contribution is 2.33. The summed E-state index contributed by atoms with van der Waals surface area (Å²) in [6.45, 7) is 0.588. The van der Waals surface area contributed by atoms with Crippen LogP contribution in [0.4, 0.5) is 5.69 Å². The second-order valence-electron chi connectivity index (χ2n) is 4.69. The van der Waals surface area contributed by atoms with Crippen LogP contribution >= 0.6 is 11.6 Å². The summed E-state index contributed by atoms with van der Waals surface area (Å²) in [5.74, 6) is 0.100. The molecule has 1 amide bonds. The van der Waals surface area contributed by atoms with Crippen molar-refractivity contribution in [2.75, 3.05) is 11.4 Å². The molecule has 2 nitrogen and oxygen atoms in total. The molecule has 0 bridgehead atoms. The summed E-state index contributed by atoms with van der Waals surface area (Å²) >= 11 is 6.09. The van der Waals surface area contributed by atoms with Crippen LogP contribution in [0.2, 0.25) is 0 Å². The molecule has 3 rings (SSSR count). The van der Waals surface area contributed by atoms with E-state index >= 15 is 0 Å². The van der Waals surface area contributed by atoms with Gasteiger partial charge in [0, 0.05) is 18.5 Å². The summed E-state index contributed by atoms with van der Waals surface area (Å²) in [5, 5.41) is -0.0867. The average Bonchev–Trinajstić information content (AvgIpc) is 2.79. The molecule has 0 aliphatic carbocycles. The maximum Gasteiger partial charge on any atom is 0.228 e. The third-order valence-corrected chi connectivity index (χ3v) is 3.65. The summed E-state index contributed by atoms with van der Waals surface area (Å²) in [6, 6.07) is 18.1. The summed E-state index contributed by atoms with van der Waals surface area (Å²) in [7, 11) is 0. The van der Waals surface area contributed by atoms with E-state index in [2.05, 4.69) is 12.1 Å². The van der Waals surface area contributed by atoms with Gasteiger partial charge in [-0.05, 0) is 11.6 Å². The smallest absolute Gasteiger partial charge is 0.228 e. The number of alkyl halides is 1. The fourth-order valence-corrected chi connectivity index (χ4v) is 2.74. The second kappa shape index (κ2) is 5.06. The number of nitrogens with zero attached hydrogens (tertiary/aromatic N) is 1. The van der Waals surface area contributed by atoms with Gasteiger partial charge in [-0.3, -0.25) is 4.79 Å². The van der Waals surface area contributed by atoms with Crippen LogP contribution in [0.1, 0.15) is 6.42 Å². The third-order valence-electron chi connectivity index (χ3n) is 3.36. The Morgan fingerprint density at radius 1 is 1.00 bits per heavy atom. The predicted molar refractivity (Wildman–Crippen MR) is 78.5 cm³/mol. The van der Waals surface area contributed by atoms with E-state index in [1.165, 1.54) is 0 Å². The average molecular weight is 272 g/mol. The largest absolute Gasteiger partial charge is 0.310 e. The number of carbonyl (C=O) groups is 1. The number of hydrogen-bond donors (Lipinski definition) is 0. The van der Waals surface area contributed by atoms with Crippen LogP contribution in [0.5, 0.6) is 0 Å². The van der Waals surface area contributed by atoms with Gasteiger partial charge in [0.1, 0.15) is 0 Å². The predicted octanol–water partition coefficient (Wildman–Crippen LogP) is 3.70. The molecule has 19 heavy (non-hydrogen) atoms. The van der Waals surface area contributed by atoms with Gasteiger partial charge in [-0.1, -0.05) is 48.5 Å². The SMILES string of the molecule is O=C1CC(Cl)CN1c1ccccc1-c1ccccc1. The third kappa shape index (κ3) is 2.36. The molecule has 2 aromatic rings. The Kier molecular flexibility index (Phi) is 3.26. The van der Waals surface area contributed by atoms with E-state index < -0.39 is 0 Å². The lowest BCUT2D eigenvalue weighted by Gasteiger charge is -2.20. The van der Waals surface area contributed by atoms with Gasteiger partial charge in [-0.2, -0.15) is 0 Å². The number of rotatable bonds is 2. The number of anilines is 1. The molecule has 1 atom stereocenters. The summed E-state index contributed by atoms with van der Waals surface area (Å²) in [6.07, 6.45) is 0.421. The van der Waals surface area contributed by atoms with E-state index in [0.717, 1.165) is 16.8 Å². The normalized spacial score (nSPS) is 18.9. The molecule has 96 valence electrons. The highest BCUT2D eigenvalue weighted by molar-refractivity contribution is 6.24. The standard InChI is InChI=1S/C16H14ClNO/c17-13-10-16(19)18(11-13)15-9-5-4-8-14(15)12-6-2-1-3-7-12/h1-9,13H,10-11H2. The molecule has 0 N–H and O–H groups in total. The van der Waals surface area contributed by atoms with Crippen molar-refractivity contribution >= 4 is 23.2 Å². The summed E-state index contributed by atoms with van der Waals surface area (Å²) < 4.78 is 0. The zero-order chi connectivity index (χ0) is 13.2. The van der Waals surface area contributed by atoms with Crippen molar-refractivity contribution in [3.05, 3.63) is 54.6 Å². The first-order valence-electron chi connectivity index (χ1n) is 6.34. The molecule has 0 spiro atoms. The quantitative estimate of drug-likeness (QED) is 0.763. The van der Waals surface area contributed by atoms with E-state index in [4.69, 9.17) is 11.6 Å². The van der Waals surface area contributed by atoms with Gasteiger partial charge in [0.15, 0.2) is 0 Å². The molecule has 0 radical (unpaired) electrons. The monoisotopic (exact) mass is 271 g/mol. The van der Waals surface area contributed by atoms with Gasteiger partial charge < -0.3 is 4.90 Å². The zero-order valence-electron chi connectivity index (χ0n) is 10.4. The van der Waals surface area contributed by atoms with Crippen molar-refractivity contribution < 1.29 is 4.79 Å². The molecule has 1 saturated heterocycles. The first-order valence-corrected chi connectivity index (χ1v) is 6.78. The number of carbonyl (C=O) groups excluding carboxylic acids is 1. The molecule has 1 fully saturated rings. The molecular weight excluding hydrogens is 258 g/mol. The van der Waals surface area contributed by atoms with Gasteiger partial charge in [0.2, 0.25) is 5.91 Å². The van der Waals surface area contributed by atoms with Gasteiger partial charge in [-0.25, -0.2) is 0 Å². The van der Waals surface area contributed by atoms with Crippen LogP contribution in [0.15, 0.2) is 54.6 Å². The molecule has 3 heteroatoms. The van der Waals surface area contributed by atoms with Crippen molar-refractivity contribution in [3.63, 3.8) is 0 Å². The van der Waals surface area contributed by atoms with Gasteiger partial charge in [0.25, 0.3) is 0 Å². The molecule has 1 aliphatic heterocycles. The fourth-order valence-electron chi connectivity index (χ4n) is 2.47. The molecule has 2 aromatic carbocycles. The Hall–Kier alpha value is -1.80. The lowest BCUT2D eigenvalue weighted by atomic mass is 10.0. The van der Waals surface area contributed by atoms with Crippen LogP contribution in [0, 0.1) is 0 Å². The number of hydrogen-bond acceptors (Lipinski definition) is 1. The number of halogens is 1. The Morgan fingerprint density at radius 3 is 2.37 bits per heavy atom. The maximum atomic E-state index is 12.0. The first kappa shape index (κ1) is 12.2. The van der Waals surface area contributed by atoms with Gasteiger partial charge >= 0.3 is 0 Å². The number of amides is 1. The fraction of sp³-hybridized carbons (Fsp3) is 0.188. The number of benzene rings is 2. The van der Waals surface area contributed by atoms with E-state index in [1.54, 1.807) is 4.90 Å². The molecule has 0 saturated carbocycles. The van der Waals surface area contributed by atoms with Gasteiger partial charge in [-0.15, -0.1) is 11.6 Å². The molecule has 1 unspecified atom stereocenters. The highest BCUT2D eigenvalue weighted by Gasteiger charge is 2.30. The van der Waals surface area contributed by atoms with Crippen molar-refractivity contribution in [2.24, 2.45) is 0 Å². The second-order valence-corrected chi connectivity index (χ2v) is 5.31. The van der Waals surface area contributed by atoms with Crippen LogP contribution < -0.4 is 4.90 Å². The van der Waals surface area contributed by atoms with Crippen LogP contribution in [-0.2, 0) is 4.79 Å². The van der Waals surface area contributed by atoms with E-state index in [9.17, 15) is 4.79 Å². The Morgan fingerprint density at radius 2 is 1.68 bits per heavy atom. The molecule has 1 aliphatic rings. The minimum atomic E-state index is -0.0867. The van der Waals surface area contributed by atoms with E-state index in [-0.39, 0.29) is 11.3 Å². The topological polar surface area (TPSA) is 20.3 Å². The maximum absolute atomic E-state index is 12.0. The summed E-state index contributed by atoms with van der Waals surface area (Å²) in [4.78, 5) is 13.8. The minimum absolute atomic E-state index is 0.0867. The van der Waals surface area contributed by atoms with Crippen molar-refractivity contribution in [3.8, 4) is 11.1 Å². The lowest BCUT2D eigenvalue weighted by molar-refractivity contribution is -0.117. The van der Waals surface area contributed by atoms with Crippen LogP contribution in [-0.4, -0.2) is 17.8 Å². The molecule has 0 aromatic heterocycles. The Labute approximate surface area is 117 Å². The zero-order valence-corrected chi connectivity index (χ0v) is 11.2. The van der Waals surface area contributed by atoms with Crippen LogP contribution in [0.25, 0.3) is 11.1 Å².